The average molecular weight is 370 g/mol. The van der Waals surface area contributed by atoms with E-state index in [4.69, 9.17) is 9.47 Å². The maximum atomic E-state index is 12.7. The lowest BCUT2D eigenvalue weighted by atomic mass is 10.0. The van der Waals surface area contributed by atoms with E-state index < -0.39 is 0 Å². The Morgan fingerprint density at radius 3 is 2.78 bits per heavy atom. The average Bonchev–Trinajstić information content (AvgIpc) is 2.73. The van der Waals surface area contributed by atoms with Gasteiger partial charge in [0.2, 0.25) is 5.95 Å². The number of amides is 1. The Bertz CT molecular complexity index is 797. The smallest absolute Gasteiger partial charge is 0.274 e. The molecular weight excluding hydrogens is 344 g/mol. The van der Waals surface area contributed by atoms with Crippen molar-refractivity contribution < 1.29 is 14.3 Å². The highest BCUT2D eigenvalue weighted by Crippen LogP contribution is 2.30. The van der Waals surface area contributed by atoms with Crippen LogP contribution >= 0.6 is 0 Å². The Morgan fingerprint density at radius 1 is 1.22 bits per heavy atom. The standard InChI is InChI=1S/C20H26N4O3/c1-4-15-7-5-6-12-24(15)20-21-11-10-16(23-20)19(25)22-14-8-9-17(26-2)18(13-14)27-3/h8-11,13,15H,4-7,12H2,1-3H3,(H,22,25). The lowest BCUT2D eigenvalue weighted by molar-refractivity contribution is 0.102. The Morgan fingerprint density at radius 2 is 2.04 bits per heavy atom. The summed E-state index contributed by atoms with van der Waals surface area (Å²) in [5.41, 5.74) is 0.956. The fraction of sp³-hybridized carbons (Fsp3) is 0.450. The van der Waals surface area contributed by atoms with Gasteiger partial charge in [0, 0.05) is 30.5 Å². The van der Waals surface area contributed by atoms with Crippen molar-refractivity contribution in [3.05, 3.63) is 36.2 Å². The van der Waals surface area contributed by atoms with Crippen LogP contribution in [0, 0.1) is 0 Å². The van der Waals surface area contributed by atoms with Crippen molar-refractivity contribution in [1.82, 2.24) is 9.97 Å². The highest BCUT2D eigenvalue weighted by atomic mass is 16.5. The molecule has 1 aliphatic rings. The predicted molar refractivity (Wildman–Crippen MR) is 105 cm³/mol. The molecule has 0 aliphatic carbocycles. The first-order chi connectivity index (χ1) is 13.2. The number of piperidine rings is 1. The van der Waals surface area contributed by atoms with Crippen LogP contribution in [0.25, 0.3) is 0 Å². The van der Waals surface area contributed by atoms with Crippen LogP contribution in [-0.2, 0) is 0 Å². The minimum absolute atomic E-state index is 0.282. The van der Waals surface area contributed by atoms with Gasteiger partial charge in [0.15, 0.2) is 11.5 Å². The zero-order chi connectivity index (χ0) is 19.2. The van der Waals surface area contributed by atoms with E-state index >= 15 is 0 Å². The van der Waals surface area contributed by atoms with E-state index in [0.717, 1.165) is 25.8 Å². The largest absolute Gasteiger partial charge is 0.493 e. The third-order valence-electron chi connectivity index (χ3n) is 4.87. The Hall–Kier alpha value is -2.83. The molecule has 2 aromatic rings. The molecule has 1 saturated heterocycles. The van der Waals surface area contributed by atoms with E-state index in [1.807, 2.05) is 0 Å². The minimum Gasteiger partial charge on any atom is -0.493 e. The van der Waals surface area contributed by atoms with Gasteiger partial charge in [0.1, 0.15) is 5.69 Å². The minimum atomic E-state index is -0.282. The highest BCUT2D eigenvalue weighted by Gasteiger charge is 2.23. The molecule has 1 aromatic heterocycles. The van der Waals surface area contributed by atoms with Gasteiger partial charge in [-0.2, -0.15) is 0 Å². The molecule has 1 unspecified atom stereocenters. The Labute approximate surface area is 159 Å². The summed E-state index contributed by atoms with van der Waals surface area (Å²) in [7, 11) is 3.13. The summed E-state index contributed by atoms with van der Waals surface area (Å²) in [5.74, 6) is 1.51. The van der Waals surface area contributed by atoms with Crippen LogP contribution in [0.15, 0.2) is 30.5 Å². The highest BCUT2D eigenvalue weighted by molar-refractivity contribution is 6.03. The molecule has 1 atom stereocenters. The Balaban J connectivity index is 1.77. The number of hydrogen-bond acceptors (Lipinski definition) is 6. The van der Waals surface area contributed by atoms with E-state index in [2.05, 4.69) is 27.1 Å². The van der Waals surface area contributed by atoms with Crippen molar-refractivity contribution in [2.24, 2.45) is 0 Å². The molecule has 1 fully saturated rings. The third-order valence-corrected chi connectivity index (χ3v) is 4.87. The summed E-state index contributed by atoms with van der Waals surface area (Å²) in [4.78, 5) is 23.8. The van der Waals surface area contributed by atoms with Gasteiger partial charge < -0.3 is 19.7 Å². The molecule has 7 heteroatoms. The quantitative estimate of drug-likeness (QED) is 0.838. The van der Waals surface area contributed by atoms with Crippen LogP contribution in [0.1, 0.15) is 43.1 Å². The number of carbonyl (C=O) groups excluding carboxylic acids is 1. The first kappa shape index (κ1) is 18.9. The predicted octanol–water partition coefficient (Wildman–Crippen LogP) is 3.52. The number of ether oxygens (including phenoxy) is 2. The number of anilines is 2. The summed E-state index contributed by atoms with van der Waals surface area (Å²) < 4.78 is 10.5. The van der Waals surface area contributed by atoms with Crippen molar-refractivity contribution in [1.29, 1.82) is 0 Å². The zero-order valence-corrected chi connectivity index (χ0v) is 16.1. The number of benzene rings is 1. The normalized spacial score (nSPS) is 16.7. The number of methoxy groups -OCH3 is 2. The van der Waals surface area contributed by atoms with Crippen molar-refractivity contribution >= 4 is 17.5 Å². The second-order valence-electron chi connectivity index (χ2n) is 6.52. The van der Waals surface area contributed by atoms with E-state index in [1.165, 1.54) is 6.42 Å². The van der Waals surface area contributed by atoms with Crippen LogP contribution in [-0.4, -0.2) is 42.7 Å². The summed E-state index contributed by atoms with van der Waals surface area (Å²) in [6, 6.07) is 7.29. The lowest BCUT2D eigenvalue weighted by Crippen LogP contribution is -2.40. The van der Waals surface area contributed by atoms with Crippen molar-refractivity contribution in [3.8, 4) is 11.5 Å². The first-order valence-corrected chi connectivity index (χ1v) is 9.29. The molecule has 27 heavy (non-hydrogen) atoms. The molecule has 1 aromatic carbocycles. The number of carbonyl (C=O) groups is 1. The number of rotatable bonds is 6. The monoisotopic (exact) mass is 370 g/mol. The zero-order valence-electron chi connectivity index (χ0n) is 16.1. The number of aromatic nitrogens is 2. The fourth-order valence-electron chi connectivity index (χ4n) is 3.41. The molecule has 0 bridgehead atoms. The van der Waals surface area contributed by atoms with Gasteiger partial charge in [0.25, 0.3) is 5.91 Å². The summed E-state index contributed by atoms with van der Waals surface area (Å²) in [6.45, 7) is 3.11. The molecule has 2 heterocycles. The second-order valence-corrected chi connectivity index (χ2v) is 6.52. The van der Waals surface area contributed by atoms with Gasteiger partial charge in [-0.3, -0.25) is 4.79 Å². The van der Waals surface area contributed by atoms with E-state index in [-0.39, 0.29) is 5.91 Å². The molecular formula is C20H26N4O3. The van der Waals surface area contributed by atoms with Gasteiger partial charge >= 0.3 is 0 Å². The van der Waals surface area contributed by atoms with Gasteiger partial charge in [-0.15, -0.1) is 0 Å². The molecule has 1 amide bonds. The molecule has 0 saturated carbocycles. The molecule has 0 spiro atoms. The third kappa shape index (κ3) is 4.30. The fourth-order valence-corrected chi connectivity index (χ4v) is 3.41. The van der Waals surface area contributed by atoms with E-state index in [9.17, 15) is 4.79 Å². The number of hydrogen-bond donors (Lipinski definition) is 1. The van der Waals surface area contributed by atoms with Gasteiger partial charge in [-0.05, 0) is 43.9 Å². The van der Waals surface area contributed by atoms with Crippen molar-refractivity contribution in [3.63, 3.8) is 0 Å². The number of nitrogens with one attached hydrogen (secondary N) is 1. The second kappa shape index (κ2) is 8.70. The van der Waals surface area contributed by atoms with E-state index in [1.54, 1.807) is 44.7 Å². The van der Waals surface area contributed by atoms with Crippen LogP contribution in [0.2, 0.25) is 0 Å². The maximum Gasteiger partial charge on any atom is 0.274 e. The first-order valence-electron chi connectivity index (χ1n) is 9.29. The van der Waals surface area contributed by atoms with Gasteiger partial charge in [0.05, 0.1) is 14.2 Å². The summed E-state index contributed by atoms with van der Waals surface area (Å²) in [5, 5.41) is 2.86. The topological polar surface area (TPSA) is 76.6 Å². The Kier molecular flexibility index (Phi) is 6.11. The molecule has 3 rings (SSSR count). The number of nitrogens with zero attached hydrogens (tertiary/aromatic N) is 3. The summed E-state index contributed by atoms with van der Waals surface area (Å²) >= 11 is 0. The van der Waals surface area contributed by atoms with Crippen LogP contribution < -0.4 is 19.7 Å². The van der Waals surface area contributed by atoms with Crippen LogP contribution in [0.4, 0.5) is 11.6 Å². The van der Waals surface area contributed by atoms with Crippen molar-refractivity contribution in [2.45, 2.75) is 38.6 Å². The van der Waals surface area contributed by atoms with Crippen LogP contribution in [0.3, 0.4) is 0 Å². The SMILES string of the molecule is CCC1CCCCN1c1nccc(C(=O)Nc2ccc(OC)c(OC)c2)n1. The molecule has 1 N–H and O–H groups in total. The molecule has 7 nitrogen and oxygen atoms in total. The van der Waals surface area contributed by atoms with Gasteiger partial charge in [-0.25, -0.2) is 9.97 Å². The molecule has 1 aliphatic heterocycles. The molecule has 144 valence electrons. The van der Waals surface area contributed by atoms with Gasteiger partial charge in [-0.1, -0.05) is 6.92 Å². The molecule has 0 radical (unpaired) electrons. The maximum absolute atomic E-state index is 12.7. The van der Waals surface area contributed by atoms with Crippen LogP contribution in [0.5, 0.6) is 11.5 Å². The van der Waals surface area contributed by atoms with E-state index in [0.29, 0.717) is 34.9 Å². The summed E-state index contributed by atoms with van der Waals surface area (Å²) in [6.07, 6.45) is 6.19. The van der Waals surface area contributed by atoms with Crippen molar-refractivity contribution in [2.75, 3.05) is 31.0 Å². The lowest BCUT2D eigenvalue weighted by Gasteiger charge is -2.35.